The third kappa shape index (κ3) is 2.45. The van der Waals surface area contributed by atoms with Gasteiger partial charge in [0.05, 0.1) is 0 Å². The summed E-state index contributed by atoms with van der Waals surface area (Å²) in [4.78, 5) is 25.0. The van der Waals surface area contributed by atoms with Crippen molar-refractivity contribution in [2.24, 2.45) is 0 Å². The molecule has 1 fully saturated rings. The van der Waals surface area contributed by atoms with Crippen LogP contribution in [0.5, 0.6) is 0 Å². The number of allylic oxidation sites excluding steroid dienone is 1. The zero-order valence-corrected chi connectivity index (χ0v) is 8.74. The summed E-state index contributed by atoms with van der Waals surface area (Å²) in [5, 5.41) is 1.46. The lowest BCUT2D eigenvalue weighted by molar-refractivity contribution is -0.128. The molecule has 4 heteroatoms. The van der Waals surface area contributed by atoms with Crippen molar-refractivity contribution in [2.75, 3.05) is 26.2 Å². The first-order chi connectivity index (χ1) is 7.66. The normalized spacial score (nSPS) is 24.8. The predicted octanol–water partition coefficient (Wildman–Crippen LogP) is 0.0976. The molecule has 0 aromatic rings. The van der Waals surface area contributed by atoms with Crippen LogP contribution >= 0.6 is 0 Å². The second-order valence-corrected chi connectivity index (χ2v) is 3.95. The number of hydrogen-bond acceptors (Lipinski definition) is 3. The van der Waals surface area contributed by atoms with Gasteiger partial charge in [0.25, 0.3) is 0 Å². The van der Waals surface area contributed by atoms with Gasteiger partial charge in [-0.05, 0) is 18.9 Å². The maximum absolute atomic E-state index is 12.0. The van der Waals surface area contributed by atoms with Crippen molar-refractivity contribution in [1.29, 1.82) is 0 Å². The Kier molecular flexibility index (Phi) is 2.77. The zero-order valence-electron chi connectivity index (χ0n) is 9.74. The van der Waals surface area contributed by atoms with E-state index >= 15 is 0 Å². The summed E-state index contributed by atoms with van der Waals surface area (Å²) < 4.78 is 7.41. The summed E-state index contributed by atoms with van der Waals surface area (Å²) in [5.74, 6) is 0.0508. The SMILES string of the molecule is [2H]N1CCN(C(=O)C2=CC(=O)CCC2)CC1. The summed E-state index contributed by atoms with van der Waals surface area (Å²) in [6.07, 6.45) is 3.57. The van der Waals surface area contributed by atoms with Gasteiger partial charge >= 0.3 is 0 Å². The molecule has 1 aliphatic heterocycles. The molecule has 1 N–H and O–H groups in total. The van der Waals surface area contributed by atoms with E-state index in [1.54, 1.807) is 4.90 Å². The molecule has 82 valence electrons. The number of nitrogens with one attached hydrogen (secondary N) is 1. The molecule has 0 aromatic carbocycles. The number of amides is 1. The quantitative estimate of drug-likeness (QED) is 0.666. The fourth-order valence-electron chi connectivity index (χ4n) is 1.97. The third-order valence-electron chi connectivity index (χ3n) is 2.82. The first kappa shape index (κ1) is 9.09. The van der Waals surface area contributed by atoms with Gasteiger partial charge in [0, 0.05) is 38.2 Å². The van der Waals surface area contributed by atoms with Crippen LogP contribution in [0.15, 0.2) is 11.6 Å². The molecule has 2 rings (SSSR count). The van der Waals surface area contributed by atoms with Crippen molar-refractivity contribution >= 4 is 11.7 Å². The van der Waals surface area contributed by atoms with Gasteiger partial charge < -0.3 is 10.2 Å². The van der Waals surface area contributed by atoms with Crippen molar-refractivity contribution in [2.45, 2.75) is 19.3 Å². The average molecular weight is 209 g/mol. The van der Waals surface area contributed by atoms with Gasteiger partial charge in [0.1, 0.15) is 1.41 Å². The number of hydrogen-bond donors (Lipinski definition) is 1. The molecule has 0 saturated carbocycles. The number of rotatable bonds is 1. The van der Waals surface area contributed by atoms with Crippen molar-refractivity contribution in [3.05, 3.63) is 11.6 Å². The molecule has 1 heterocycles. The fourth-order valence-corrected chi connectivity index (χ4v) is 1.97. The maximum Gasteiger partial charge on any atom is 0.249 e. The van der Waals surface area contributed by atoms with Crippen LogP contribution in [0, 0.1) is 0 Å². The molecule has 0 unspecified atom stereocenters. The van der Waals surface area contributed by atoms with Crippen LogP contribution in [0.1, 0.15) is 19.3 Å². The molecule has 15 heavy (non-hydrogen) atoms. The van der Waals surface area contributed by atoms with Crippen LogP contribution in [0.25, 0.3) is 0 Å². The van der Waals surface area contributed by atoms with Gasteiger partial charge in [-0.2, -0.15) is 0 Å². The van der Waals surface area contributed by atoms with E-state index in [1.165, 1.54) is 11.4 Å². The van der Waals surface area contributed by atoms with E-state index in [-0.39, 0.29) is 11.7 Å². The number of carbonyl (C=O) groups excluding carboxylic acids is 2. The Bertz CT molecular complexity index is 333. The highest BCUT2D eigenvalue weighted by Gasteiger charge is 2.22. The Labute approximate surface area is 90.8 Å². The molecular weight excluding hydrogens is 192 g/mol. The Balaban J connectivity index is 1.99. The largest absolute Gasteiger partial charge is 0.336 e. The predicted molar refractivity (Wildman–Crippen MR) is 56.4 cm³/mol. The Morgan fingerprint density at radius 2 is 2.13 bits per heavy atom. The van der Waals surface area contributed by atoms with Gasteiger partial charge in [-0.25, -0.2) is 0 Å². The van der Waals surface area contributed by atoms with E-state index in [1.807, 2.05) is 0 Å². The number of piperazine rings is 1. The van der Waals surface area contributed by atoms with Crippen molar-refractivity contribution in [3.63, 3.8) is 0 Å². The zero-order chi connectivity index (χ0) is 11.5. The Hall–Kier alpha value is -1.16. The lowest BCUT2D eigenvalue weighted by atomic mass is 9.97. The summed E-state index contributed by atoms with van der Waals surface area (Å²) in [5.41, 5.74) is 0.648. The molecule has 0 aromatic heterocycles. The molecule has 2 aliphatic rings. The highest BCUT2D eigenvalue weighted by atomic mass is 16.2. The van der Waals surface area contributed by atoms with Crippen LogP contribution in [0.4, 0.5) is 0 Å². The van der Waals surface area contributed by atoms with E-state index in [9.17, 15) is 9.59 Å². The minimum absolute atomic E-state index is 0.0128. The summed E-state index contributed by atoms with van der Waals surface area (Å²) in [6, 6.07) is 0. The molecule has 0 spiro atoms. The second-order valence-electron chi connectivity index (χ2n) is 3.95. The minimum Gasteiger partial charge on any atom is -0.336 e. The molecular formula is C11H16N2O2. The van der Waals surface area contributed by atoms with E-state index in [2.05, 4.69) is 0 Å². The smallest absolute Gasteiger partial charge is 0.249 e. The summed E-state index contributed by atoms with van der Waals surface area (Å²) in [6.45, 7) is 2.36. The fraction of sp³-hybridized carbons (Fsp3) is 0.636. The molecule has 0 radical (unpaired) electrons. The lowest BCUT2D eigenvalue weighted by Crippen LogP contribution is -2.47. The minimum atomic E-state index is -0.0128. The molecule has 0 atom stereocenters. The average Bonchev–Trinajstić information content (AvgIpc) is 2.29. The van der Waals surface area contributed by atoms with E-state index in [0.717, 1.165) is 6.42 Å². The third-order valence-corrected chi connectivity index (χ3v) is 2.82. The molecule has 1 amide bonds. The van der Waals surface area contributed by atoms with Crippen molar-refractivity contribution in [3.8, 4) is 0 Å². The molecule has 1 aliphatic carbocycles. The van der Waals surface area contributed by atoms with E-state index in [4.69, 9.17) is 1.41 Å². The highest BCUT2D eigenvalue weighted by Crippen LogP contribution is 2.17. The van der Waals surface area contributed by atoms with Gasteiger partial charge in [-0.3, -0.25) is 9.59 Å². The summed E-state index contributed by atoms with van der Waals surface area (Å²) >= 11 is 0. The number of carbonyl (C=O) groups is 2. The van der Waals surface area contributed by atoms with Crippen LogP contribution < -0.4 is 5.31 Å². The van der Waals surface area contributed by atoms with Crippen molar-refractivity contribution < 1.29 is 11.0 Å². The standard InChI is InChI=1S/C11H16N2O2/c14-10-3-1-2-9(8-10)11(15)13-6-4-12-5-7-13/h8,12H,1-7H2/i/hD. The highest BCUT2D eigenvalue weighted by molar-refractivity contribution is 6.02. The molecule has 1 saturated heterocycles. The van der Waals surface area contributed by atoms with E-state index < -0.39 is 0 Å². The summed E-state index contributed by atoms with van der Waals surface area (Å²) in [7, 11) is 0. The first-order valence-electron chi connectivity index (χ1n) is 5.88. The monoisotopic (exact) mass is 209 g/mol. The Morgan fingerprint density at radius 1 is 1.40 bits per heavy atom. The molecule has 4 nitrogen and oxygen atoms in total. The number of ketones is 1. The lowest BCUT2D eigenvalue weighted by Gasteiger charge is -2.28. The van der Waals surface area contributed by atoms with Gasteiger partial charge in [-0.15, -0.1) is 0 Å². The van der Waals surface area contributed by atoms with E-state index in [0.29, 0.717) is 44.6 Å². The second kappa shape index (κ2) is 4.57. The van der Waals surface area contributed by atoms with Crippen molar-refractivity contribution in [1.82, 2.24) is 10.2 Å². The maximum atomic E-state index is 12.0. The number of nitrogens with zero attached hydrogens (tertiary/aromatic N) is 1. The van der Waals surface area contributed by atoms with Gasteiger partial charge in [0.15, 0.2) is 5.78 Å². The topological polar surface area (TPSA) is 49.4 Å². The first-order valence-corrected chi connectivity index (χ1v) is 5.43. The molecule has 0 bridgehead atoms. The van der Waals surface area contributed by atoms with Crippen LogP contribution in [0.3, 0.4) is 0 Å². The van der Waals surface area contributed by atoms with Crippen LogP contribution in [0.2, 0.25) is 1.41 Å². The van der Waals surface area contributed by atoms with Crippen LogP contribution in [-0.2, 0) is 9.59 Å². The Morgan fingerprint density at radius 3 is 2.80 bits per heavy atom. The van der Waals surface area contributed by atoms with Gasteiger partial charge in [0.2, 0.25) is 5.91 Å². The van der Waals surface area contributed by atoms with Crippen LogP contribution in [-0.4, -0.2) is 42.8 Å². The van der Waals surface area contributed by atoms with Gasteiger partial charge in [-0.1, -0.05) is 0 Å².